The number of carbonyl (C=O) groups is 1. The predicted octanol–water partition coefficient (Wildman–Crippen LogP) is -0.861. The fourth-order valence-electron chi connectivity index (χ4n) is 0.345. The summed E-state index contributed by atoms with van der Waals surface area (Å²) in [7, 11) is 4.82. The Morgan fingerprint density at radius 3 is 2.90 bits per heavy atom. The van der Waals surface area contributed by atoms with Crippen LogP contribution in [0.4, 0.5) is 10.7 Å². The van der Waals surface area contributed by atoms with Gasteiger partial charge in [-0.1, -0.05) is 17.9 Å². The van der Waals surface area contributed by atoms with E-state index >= 15 is 0 Å². The SMILES string of the molecule is [B]C(=O)N(S)c1nn[nH]n1. The number of H-pyrrole nitrogens is 1. The van der Waals surface area contributed by atoms with Crippen molar-refractivity contribution in [3.63, 3.8) is 0 Å². The molecule has 0 aliphatic rings. The predicted molar refractivity (Wildman–Crippen MR) is 36.8 cm³/mol. The second-order valence-corrected chi connectivity index (χ2v) is 1.76. The number of tetrazole rings is 1. The van der Waals surface area contributed by atoms with Gasteiger partial charge in [-0.2, -0.15) is 5.21 Å². The first-order valence-electron chi connectivity index (χ1n) is 2.23. The lowest BCUT2D eigenvalue weighted by atomic mass is 10.1. The van der Waals surface area contributed by atoms with Crippen LogP contribution in [0.2, 0.25) is 0 Å². The minimum absolute atomic E-state index is 0.0239. The fraction of sp³-hybridized carbons (Fsp3) is 0. The fourth-order valence-corrected chi connectivity index (χ4v) is 0.430. The van der Waals surface area contributed by atoms with Gasteiger partial charge in [0.05, 0.1) is 0 Å². The van der Waals surface area contributed by atoms with Crippen LogP contribution in [0.25, 0.3) is 0 Å². The zero-order valence-electron chi connectivity index (χ0n) is 4.72. The molecule has 1 aromatic rings. The first-order valence-corrected chi connectivity index (χ1v) is 2.63. The third-order valence-electron chi connectivity index (χ3n) is 0.732. The molecule has 0 saturated carbocycles. The minimum atomic E-state index is -0.760. The number of anilines is 1. The van der Waals surface area contributed by atoms with E-state index < -0.39 is 5.81 Å². The minimum Gasteiger partial charge on any atom is -0.288 e. The van der Waals surface area contributed by atoms with Gasteiger partial charge in [0, 0.05) is 0 Å². The largest absolute Gasteiger partial charge is 0.288 e. The number of nitrogens with zero attached hydrogens (tertiary/aromatic N) is 4. The number of hydrogen-bond acceptors (Lipinski definition) is 5. The molecule has 0 atom stereocenters. The monoisotopic (exact) mass is 155 g/mol. The number of aromatic amines is 1. The molecule has 1 amide bonds. The Hall–Kier alpha value is -1.05. The molecule has 50 valence electrons. The molecule has 0 aromatic carbocycles. The van der Waals surface area contributed by atoms with E-state index in [1.54, 1.807) is 0 Å². The number of aromatic nitrogens is 4. The number of amides is 1. The zero-order valence-corrected chi connectivity index (χ0v) is 5.62. The van der Waals surface area contributed by atoms with E-state index in [4.69, 9.17) is 7.85 Å². The van der Waals surface area contributed by atoms with E-state index in [0.717, 1.165) is 4.31 Å². The number of thiol groups is 1. The van der Waals surface area contributed by atoms with Crippen LogP contribution in [0.3, 0.4) is 0 Å². The molecule has 1 heterocycles. The summed E-state index contributed by atoms with van der Waals surface area (Å²) in [4.78, 5) is 10.3. The van der Waals surface area contributed by atoms with Crippen molar-refractivity contribution in [3.05, 3.63) is 0 Å². The van der Waals surface area contributed by atoms with Gasteiger partial charge < -0.3 is 0 Å². The van der Waals surface area contributed by atoms with Gasteiger partial charge in [0.1, 0.15) is 0 Å². The quantitative estimate of drug-likeness (QED) is 0.408. The van der Waals surface area contributed by atoms with Crippen LogP contribution in [0.5, 0.6) is 0 Å². The van der Waals surface area contributed by atoms with E-state index in [-0.39, 0.29) is 5.95 Å². The Labute approximate surface area is 62.9 Å². The van der Waals surface area contributed by atoms with Gasteiger partial charge in [0.2, 0.25) is 7.85 Å². The third kappa shape index (κ3) is 1.27. The van der Waals surface area contributed by atoms with Gasteiger partial charge >= 0.3 is 0 Å². The molecule has 0 bridgehead atoms. The normalized spacial score (nSPS) is 9.30. The van der Waals surface area contributed by atoms with Gasteiger partial charge in [-0.3, -0.25) is 4.79 Å². The summed E-state index contributed by atoms with van der Waals surface area (Å²) in [6.07, 6.45) is 0. The van der Waals surface area contributed by atoms with Crippen molar-refractivity contribution in [1.82, 2.24) is 20.6 Å². The summed E-state index contributed by atoms with van der Waals surface area (Å²) in [5.41, 5.74) is 0. The molecule has 0 spiro atoms. The molecule has 0 aliphatic heterocycles. The average Bonchev–Trinajstić information content (AvgIpc) is 2.36. The summed E-state index contributed by atoms with van der Waals surface area (Å²) in [5.74, 6) is -0.736. The molecule has 0 fully saturated rings. The Balaban J connectivity index is 2.77. The van der Waals surface area contributed by atoms with Crippen LogP contribution in [-0.4, -0.2) is 34.3 Å². The van der Waals surface area contributed by atoms with E-state index in [0.29, 0.717) is 0 Å². The van der Waals surface area contributed by atoms with E-state index in [1.807, 2.05) is 0 Å². The highest BCUT2D eigenvalue weighted by molar-refractivity contribution is 7.83. The van der Waals surface area contributed by atoms with Crippen LogP contribution < -0.4 is 4.31 Å². The van der Waals surface area contributed by atoms with Crippen LogP contribution >= 0.6 is 12.8 Å². The Kier molecular flexibility index (Phi) is 1.90. The number of carbonyl (C=O) groups excluding carboxylic acids is 1. The summed E-state index contributed by atoms with van der Waals surface area (Å²) in [5, 5.41) is 12.2. The Morgan fingerprint density at radius 2 is 2.50 bits per heavy atom. The molecule has 0 saturated heterocycles. The first kappa shape index (κ1) is 7.07. The average molecular weight is 155 g/mol. The van der Waals surface area contributed by atoms with E-state index in [9.17, 15) is 4.79 Å². The number of rotatable bonds is 1. The summed E-state index contributed by atoms with van der Waals surface area (Å²) in [6.45, 7) is 0. The number of hydrogen-bond donors (Lipinski definition) is 2. The van der Waals surface area contributed by atoms with Crippen molar-refractivity contribution in [2.24, 2.45) is 0 Å². The molecule has 1 aromatic heterocycles. The molecule has 6 nitrogen and oxygen atoms in total. The lowest BCUT2D eigenvalue weighted by Gasteiger charge is -2.05. The molecule has 10 heavy (non-hydrogen) atoms. The molecule has 0 unspecified atom stereocenters. The van der Waals surface area contributed by atoms with Crippen LogP contribution in [0, 0.1) is 0 Å². The maximum absolute atomic E-state index is 10.3. The Bertz CT molecular complexity index is 224. The maximum atomic E-state index is 10.3. The highest BCUT2D eigenvalue weighted by atomic mass is 32.1. The van der Waals surface area contributed by atoms with E-state index in [2.05, 4.69) is 33.4 Å². The van der Waals surface area contributed by atoms with Crippen molar-refractivity contribution in [3.8, 4) is 0 Å². The summed E-state index contributed by atoms with van der Waals surface area (Å²) < 4.78 is 0.767. The van der Waals surface area contributed by atoms with Crippen LogP contribution in [-0.2, 0) is 0 Å². The van der Waals surface area contributed by atoms with Crippen molar-refractivity contribution >= 4 is 32.4 Å². The highest BCUT2D eigenvalue weighted by Gasteiger charge is 2.09. The van der Waals surface area contributed by atoms with Crippen molar-refractivity contribution < 1.29 is 4.79 Å². The number of nitrogens with one attached hydrogen (secondary N) is 1. The maximum Gasteiger partial charge on any atom is 0.281 e. The molecule has 1 rings (SSSR count). The molecule has 8 heteroatoms. The molecule has 2 radical (unpaired) electrons. The van der Waals surface area contributed by atoms with Crippen molar-refractivity contribution in [2.75, 3.05) is 4.31 Å². The van der Waals surface area contributed by atoms with Gasteiger partial charge in [0.15, 0.2) is 5.81 Å². The highest BCUT2D eigenvalue weighted by Crippen LogP contribution is 2.04. The Morgan fingerprint density at radius 1 is 1.80 bits per heavy atom. The molecular formula is C2H2BN5OS. The lowest BCUT2D eigenvalue weighted by Crippen LogP contribution is -2.19. The molecule has 1 N–H and O–H groups in total. The van der Waals surface area contributed by atoms with Gasteiger partial charge in [-0.05, 0) is 5.21 Å². The second kappa shape index (κ2) is 2.69. The lowest BCUT2D eigenvalue weighted by molar-refractivity contribution is 0.267. The smallest absolute Gasteiger partial charge is 0.281 e. The second-order valence-electron chi connectivity index (χ2n) is 1.36. The third-order valence-corrected chi connectivity index (χ3v) is 1.11. The van der Waals surface area contributed by atoms with Crippen molar-refractivity contribution in [1.29, 1.82) is 0 Å². The first-order chi connectivity index (χ1) is 4.72. The van der Waals surface area contributed by atoms with Crippen molar-refractivity contribution in [2.45, 2.75) is 0 Å². The standard InChI is InChI=1S/C2H2BN5OS/c3-1(9)8(10)2-4-6-7-5-2/h10H,(H,4,5,6,7). The molecular weight excluding hydrogens is 153 g/mol. The zero-order chi connectivity index (χ0) is 7.56. The van der Waals surface area contributed by atoms with Gasteiger partial charge in [0.25, 0.3) is 5.95 Å². The van der Waals surface area contributed by atoms with Gasteiger partial charge in [-0.25, -0.2) is 4.31 Å². The summed E-state index contributed by atoms with van der Waals surface area (Å²) in [6, 6.07) is 0. The topological polar surface area (TPSA) is 74.8 Å². The van der Waals surface area contributed by atoms with Crippen LogP contribution in [0.15, 0.2) is 0 Å². The summed E-state index contributed by atoms with van der Waals surface area (Å²) >= 11 is 3.65. The van der Waals surface area contributed by atoms with E-state index in [1.165, 1.54) is 0 Å². The van der Waals surface area contributed by atoms with Gasteiger partial charge in [-0.15, -0.1) is 5.10 Å². The molecule has 0 aliphatic carbocycles. The van der Waals surface area contributed by atoms with Crippen LogP contribution in [0.1, 0.15) is 0 Å².